The highest BCUT2D eigenvalue weighted by atomic mass is 35.5. The first-order chi connectivity index (χ1) is 8.15. The lowest BCUT2D eigenvalue weighted by molar-refractivity contribution is -0.117. The number of hydrogen-bond donors (Lipinski definition) is 1. The van der Waals surface area contributed by atoms with Crippen molar-refractivity contribution < 1.29 is 4.79 Å². The van der Waals surface area contributed by atoms with Gasteiger partial charge in [0.1, 0.15) is 0 Å². The van der Waals surface area contributed by atoms with Crippen LogP contribution in [0.1, 0.15) is 6.42 Å². The number of carbonyl (C=O) groups excluding carboxylic acids is 1. The number of benzene rings is 1. The molecule has 17 heavy (non-hydrogen) atoms. The van der Waals surface area contributed by atoms with Crippen molar-refractivity contribution in [2.45, 2.75) is 11.3 Å². The van der Waals surface area contributed by atoms with Crippen molar-refractivity contribution >= 4 is 35.0 Å². The predicted octanol–water partition coefficient (Wildman–Crippen LogP) is 2.37. The van der Waals surface area contributed by atoms with Crippen molar-refractivity contribution in [2.75, 3.05) is 24.2 Å². The van der Waals surface area contributed by atoms with Crippen molar-refractivity contribution in [3.63, 3.8) is 0 Å². The number of nitrogens with zero attached hydrogens (tertiary/aromatic N) is 1. The Morgan fingerprint density at radius 3 is 2.94 bits per heavy atom. The van der Waals surface area contributed by atoms with Crippen molar-refractivity contribution in [3.8, 4) is 0 Å². The summed E-state index contributed by atoms with van der Waals surface area (Å²) in [6.07, 6.45) is 2.53. The Hall–Kier alpha value is -0.710. The molecule has 1 amide bonds. The molecular formula is C12H15ClN2OS. The van der Waals surface area contributed by atoms with Gasteiger partial charge in [0.05, 0.1) is 5.69 Å². The van der Waals surface area contributed by atoms with Crippen LogP contribution < -0.4 is 10.6 Å². The number of anilines is 1. The average molecular weight is 271 g/mol. The summed E-state index contributed by atoms with van der Waals surface area (Å²) >= 11 is 7.62. The Morgan fingerprint density at radius 1 is 1.59 bits per heavy atom. The van der Waals surface area contributed by atoms with Gasteiger partial charge in [-0.3, -0.25) is 4.79 Å². The molecule has 1 fully saturated rings. The van der Waals surface area contributed by atoms with Gasteiger partial charge in [-0.15, -0.1) is 11.8 Å². The molecule has 2 N–H and O–H groups in total. The molecular weight excluding hydrogens is 256 g/mol. The van der Waals surface area contributed by atoms with Gasteiger partial charge in [-0.2, -0.15) is 0 Å². The van der Waals surface area contributed by atoms with Crippen molar-refractivity contribution in [1.82, 2.24) is 0 Å². The van der Waals surface area contributed by atoms with E-state index in [9.17, 15) is 4.79 Å². The maximum atomic E-state index is 11.9. The lowest BCUT2D eigenvalue weighted by atomic mass is 10.1. The number of hydrogen-bond acceptors (Lipinski definition) is 3. The van der Waals surface area contributed by atoms with Gasteiger partial charge in [-0.1, -0.05) is 11.6 Å². The van der Waals surface area contributed by atoms with Crippen molar-refractivity contribution in [2.24, 2.45) is 11.7 Å². The van der Waals surface area contributed by atoms with Crippen LogP contribution in [0.3, 0.4) is 0 Å². The zero-order chi connectivity index (χ0) is 12.4. The molecule has 1 saturated heterocycles. The molecule has 1 heterocycles. The quantitative estimate of drug-likeness (QED) is 0.858. The van der Waals surface area contributed by atoms with Crippen molar-refractivity contribution in [1.29, 1.82) is 0 Å². The number of amides is 1. The molecule has 0 spiro atoms. The average Bonchev–Trinajstić information content (AvgIpc) is 2.70. The van der Waals surface area contributed by atoms with Gasteiger partial charge in [-0.05, 0) is 36.9 Å². The standard InChI is InChI=1S/C12H15ClN2OS/c1-17-11-3-2-9(13)5-10(11)15-7-8(6-14)4-12(15)16/h2-3,5,8H,4,6-7,14H2,1H3. The minimum Gasteiger partial charge on any atom is -0.330 e. The summed E-state index contributed by atoms with van der Waals surface area (Å²) in [6, 6.07) is 5.65. The highest BCUT2D eigenvalue weighted by molar-refractivity contribution is 7.98. The fraction of sp³-hybridized carbons (Fsp3) is 0.417. The largest absolute Gasteiger partial charge is 0.330 e. The maximum absolute atomic E-state index is 11.9. The Morgan fingerprint density at radius 2 is 2.35 bits per heavy atom. The van der Waals surface area contributed by atoms with Gasteiger partial charge in [0.2, 0.25) is 5.91 Å². The molecule has 0 radical (unpaired) electrons. The van der Waals surface area contributed by atoms with E-state index in [0.29, 0.717) is 24.5 Å². The Bertz CT molecular complexity index is 439. The maximum Gasteiger partial charge on any atom is 0.227 e. The first-order valence-corrected chi connectivity index (χ1v) is 7.10. The molecule has 3 nitrogen and oxygen atoms in total. The SMILES string of the molecule is CSc1ccc(Cl)cc1N1CC(CN)CC1=O. The van der Waals surface area contributed by atoms with Gasteiger partial charge in [0.25, 0.3) is 0 Å². The number of halogens is 1. The van der Waals surface area contributed by atoms with Crippen LogP contribution in [0, 0.1) is 5.92 Å². The molecule has 0 aromatic heterocycles. The van der Waals surface area contributed by atoms with Crippen LogP contribution in [0.25, 0.3) is 0 Å². The van der Waals surface area contributed by atoms with E-state index in [4.69, 9.17) is 17.3 Å². The lowest BCUT2D eigenvalue weighted by Crippen LogP contribution is -2.26. The highest BCUT2D eigenvalue weighted by Gasteiger charge is 2.30. The molecule has 92 valence electrons. The molecule has 5 heteroatoms. The molecule has 2 rings (SSSR count). The number of thioether (sulfide) groups is 1. The van der Waals surface area contributed by atoms with E-state index in [1.807, 2.05) is 24.5 Å². The summed E-state index contributed by atoms with van der Waals surface area (Å²) in [5, 5.41) is 0.654. The Balaban J connectivity index is 2.33. The van der Waals surface area contributed by atoms with E-state index >= 15 is 0 Å². The number of nitrogens with two attached hydrogens (primary N) is 1. The minimum absolute atomic E-state index is 0.137. The van der Waals surface area contributed by atoms with E-state index < -0.39 is 0 Å². The van der Waals surface area contributed by atoms with Crippen LogP contribution in [-0.4, -0.2) is 25.3 Å². The molecule has 1 aliphatic heterocycles. The number of rotatable bonds is 3. The van der Waals surface area contributed by atoms with Gasteiger partial charge < -0.3 is 10.6 Å². The Labute approximate surface area is 110 Å². The molecule has 0 saturated carbocycles. The smallest absolute Gasteiger partial charge is 0.227 e. The Kier molecular flexibility index (Phi) is 3.97. The third kappa shape index (κ3) is 2.59. The summed E-state index contributed by atoms with van der Waals surface area (Å²) in [6.45, 7) is 1.25. The van der Waals surface area contributed by atoms with Gasteiger partial charge in [0, 0.05) is 22.9 Å². The molecule has 1 aliphatic rings. The molecule has 1 unspecified atom stereocenters. The van der Waals surface area contributed by atoms with Crippen LogP contribution in [0.15, 0.2) is 23.1 Å². The normalized spacial score (nSPS) is 20.1. The van der Waals surface area contributed by atoms with E-state index in [1.165, 1.54) is 0 Å². The molecule has 1 atom stereocenters. The van der Waals surface area contributed by atoms with Crippen LogP contribution in [0.5, 0.6) is 0 Å². The van der Waals surface area contributed by atoms with Gasteiger partial charge in [0.15, 0.2) is 0 Å². The second-order valence-corrected chi connectivity index (χ2v) is 5.41. The van der Waals surface area contributed by atoms with E-state index in [1.54, 1.807) is 16.7 Å². The second-order valence-electron chi connectivity index (χ2n) is 4.13. The van der Waals surface area contributed by atoms with Gasteiger partial charge in [-0.25, -0.2) is 0 Å². The van der Waals surface area contributed by atoms with E-state index in [2.05, 4.69) is 0 Å². The minimum atomic E-state index is 0.137. The fourth-order valence-corrected chi connectivity index (χ4v) is 2.80. The fourth-order valence-electron chi connectivity index (χ4n) is 2.05. The first kappa shape index (κ1) is 12.7. The van der Waals surface area contributed by atoms with Crippen LogP contribution in [-0.2, 0) is 4.79 Å². The summed E-state index contributed by atoms with van der Waals surface area (Å²) in [5.74, 6) is 0.397. The van der Waals surface area contributed by atoms with Crippen LogP contribution in [0.4, 0.5) is 5.69 Å². The molecule has 0 aliphatic carbocycles. The summed E-state index contributed by atoms with van der Waals surface area (Å²) in [5.41, 5.74) is 6.53. The third-order valence-electron chi connectivity index (χ3n) is 2.97. The second kappa shape index (κ2) is 5.29. The van der Waals surface area contributed by atoms with Gasteiger partial charge >= 0.3 is 0 Å². The molecule has 0 bridgehead atoms. The van der Waals surface area contributed by atoms with E-state index in [0.717, 1.165) is 10.6 Å². The van der Waals surface area contributed by atoms with Crippen LogP contribution >= 0.6 is 23.4 Å². The predicted molar refractivity (Wildman–Crippen MR) is 72.7 cm³/mol. The third-order valence-corrected chi connectivity index (χ3v) is 3.99. The van der Waals surface area contributed by atoms with E-state index in [-0.39, 0.29) is 11.8 Å². The molecule has 1 aromatic rings. The number of carbonyl (C=O) groups is 1. The zero-order valence-electron chi connectivity index (χ0n) is 9.65. The zero-order valence-corrected chi connectivity index (χ0v) is 11.2. The van der Waals surface area contributed by atoms with Crippen molar-refractivity contribution in [3.05, 3.63) is 23.2 Å². The monoisotopic (exact) mass is 270 g/mol. The highest BCUT2D eigenvalue weighted by Crippen LogP contribution is 2.34. The van der Waals surface area contributed by atoms with Crippen LogP contribution in [0.2, 0.25) is 5.02 Å². The summed E-state index contributed by atoms with van der Waals surface area (Å²) in [4.78, 5) is 14.8. The summed E-state index contributed by atoms with van der Waals surface area (Å²) in [7, 11) is 0. The summed E-state index contributed by atoms with van der Waals surface area (Å²) < 4.78 is 0. The molecule has 1 aromatic carbocycles. The first-order valence-electron chi connectivity index (χ1n) is 5.49. The lowest BCUT2D eigenvalue weighted by Gasteiger charge is -2.19. The topological polar surface area (TPSA) is 46.3 Å².